The van der Waals surface area contributed by atoms with Gasteiger partial charge in [0, 0.05) is 31.5 Å². The first kappa shape index (κ1) is 14.9. The molecule has 102 valence electrons. The number of nitrogens with zero attached hydrogens (tertiary/aromatic N) is 1. The van der Waals surface area contributed by atoms with Crippen LogP contribution < -0.4 is 0 Å². The first-order valence-electron chi connectivity index (χ1n) is 5.42. The Balaban J connectivity index is 3.03. The van der Waals surface area contributed by atoms with Crippen LogP contribution in [0.1, 0.15) is 37.5 Å². The second-order valence-electron chi connectivity index (χ2n) is 4.64. The predicted molar refractivity (Wildman–Crippen MR) is 59.9 cm³/mol. The van der Waals surface area contributed by atoms with E-state index >= 15 is 0 Å². The van der Waals surface area contributed by atoms with Gasteiger partial charge in [0.15, 0.2) is 0 Å². The molecule has 0 saturated heterocycles. The summed E-state index contributed by atoms with van der Waals surface area (Å²) in [6.45, 7) is 3.39. The molecule has 0 aliphatic heterocycles. The molecule has 1 unspecified atom stereocenters. The van der Waals surface area contributed by atoms with Crippen molar-refractivity contribution >= 4 is 0 Å². The highest BCUT2D eigenvalue weighted by Gasteiger charge is 2.36. The molecule has 1 aromatic rings. The normalized spacial score (nSPS) is 14.6. The number of aliphatic hydroxyl groups is 1. The molecular formula is C12H16F3NO2. The molecule has 1 rings (SSSR count). The summed E-state index contributed by atoms with van der Waals surface area (Å²) in [7, 11) is 1.45. The van der Waals surface area contributed by atoms with Gasteiger partial charge < -0.3 is 9.84 Å². The lowest BCUT2D eigenvalue weighted by Gasteiger charge is -2.27. The molecule has 6 heteroatoms. The van der Waals surface area contributed by atoms with Gasteiger partial charge in [0.05, 0.1) is 17.3 Å². The highest BCUT2D eigenvalue weighted by Crippen LogP contribution is 2.36. The van der Waals surface area contributed by atoms with E-state index < -0.39 is 23.4 Å². The molecule has 1 heterocycles. The second kappa shape index (κ2) is 5.24. The topological polar surface area (TPSA) is 42.4 Å². The number of aliphatic hydroxyl groups excluding tert-OH is 1. The maximum Gasteiger partial charge on any atom is 0.416 e. The minimum absolute atomic E-state index is 0.0538. The zero-order valence-electron chi connectivity index (χ0n) is 10.5. The Morgan fingerprint density at radius 1 is 1.39 bits per heavy atom. The van der Waals surface area contributed by atoms with Gasteiger partial charge in [-0.25, -0.2) is 0 Å². The van der Waals surface area contributed by atoms with Crippen molar-refractivity contribution in [2.75, 3.05) is 7.11 Å². The van der Waals surface area contributed by atoms with Crippen molar-refractivity contribution < 1.29 is 23.0 Å². The third-order valence-corrected chi connectivity index (χ3v) is 2.75. The third kappa shape index (κ3) is 3.68. The molecule has 0 saturated carbocycles. The number of rotatable bonds is 4. The Kier molecular flexibility index (Phi) is 4.34. The molecule has 0 amide bonds. The van der Waals surface area contributed by atoms with Crippen LogP contribution in [-0.2, 0) is 10.9 Å². The van der Waals surface area contributed by atoms with Gasteiger partial charge in [-0.1, -0.05) is 0 Å². The number of aromatic nitrogens is 1. The van der Waals surface area contributed by atoms with Gasteiger partial charge in [0.25, 0.3) is 0 Å². The number of alkyl halides is 3. The number of hydrogen-bond acceptors (Lipinski definition) is 3. The van der Waals surface area contributed by atoms with Gasteiger partial charge in [-0.3, -0.25) is 4.98 Å². The SMILES string of the molecule is COC(C)(C)CC(O)c1cnccc1C(F)(F)F. The summed E-state index contributed by atoms with van der Waals surface area (Å²) < 4.78 is 43.4. The third-order valence-electron chi connectivity index (χ3n) is 2.75. The van der Waals surface area contributed by atoms with E-state index in [2.05, 4.69) is 4.98 Å². The van der Waals surface area contributed by atoms with E-state index in [-0.39, 0.29) is 12.0 Å². The van der Waals surface area contributed by atoms with Gasteiger partial charge in [-0.15, -0.1) is 0 Å². The van der Waals surface area contributed by atoms with Crippen LogP contribution in [0.25, 0.3) is 0 Å². The van der Waals surface area contributed by atoms with Crippen LogP contribution in [0.4, 0.5) is 13.2 Å². The fourth-order valence-electron chi connectivity index (χ4n) is 1.59. The van der Waals surface area contributed by atoms with E-state index in [1.54, 1.807) is 13.8 Å². The van der Waals surface area contributed by atoms with Crippen LogP contribution in [0.3, 0.4) is 0 Å². The van der Waals surface area contributed by atoms with Crippen molar-refractivity contribution in [2.24, 2.45) is 0 Å². The molecule has 3 nitrogen and oxygen atoms in total. The molecule has 0 aliphatic rings. The van der Waals surface area contributed by atoms with Crippen LogP contribution in [0.5, 0.6) is 0 Å². The monoisotopic (exact) mass is 263 g/mol. The summed E-state index contributed by atoms with van der Waals surface area (Å²) >= 11 is 0. The highest BCUT2D eigenvalue weighted by molar-refractivity contribution is 5.28. The number of halogens is 3. The number of pyridine rings is 1. The molecule has 0 bridgehead atoms. The Morgan fingerprint density at radius 3 is 2.50 bits per heavy atom. The molecule has 0 fully saturated rings. The summed E-state index contributed by atoms with van der Waals surface area (Å²) in [6.07, 6.45) is -3.63. The van der Waals surface area contributed by atoms with E-state index in [0.717, 1.165) is 18.5 Å². The molecule has 0 spiro atoms. The van der Waals surface area contributed by atoms with Crippen LogP contribution in [0.15, 0.2) is 18.5 Å². The molecule has 1 N–H and O–H groups in total. The largest absolute Gasteiger partial charge is 0.416 e. The Bertz CT molecular complexity index is 405. The zero-order valence-corrected chi connectivity index (χ0v) is 10.5. The highest BCUT2D eigenvalue weighted by atomic mass is 19.4. The van der Waals surface area contributed by atoms with Crippen LogP contribution >= 0.6 is 0 Å². The van der Waals surface area contributed by atoms with Crippen molar-refractivity contribution in [1.29, 1.82) is 0 Å². The lowest BCUT2D eigenvalue weighted by atomic mass is 9.94. The van der Waals surface area contributed by atoms with Crippen LogP contribution in [-0.4, -0.2) is 22.8 Å². The van der Waals surface area contributed by atoms with Gasteiger partial charge in [-0.05, 0) is 19.9 Å². The molecule has 1 atom stereocenters. The summed E-state index contributed by atoms with van der Waals surface area (Å²) in [5.41, 5.74) is -1.80. The van der Waals surface area contributed by atoms with E-state index in [9.17, 15) is 18.3 Å². The fourth-order valence-corrected chi connectivity index (χ4v) is 1.59. The van der Waals surface area contributed by atoms with E-state index in [4.69, 9.17) is 4.74 Å². The number of ether oxygens (including phenoxy) is 1. The molecular weight excluding hydrogens is 247 g/mol. The quantitative estimate of drug-likeness (QED) is 0.908. The van der Waals surface area contributed by atoms with E-state index in [1.807, 2.05) is 0 Å². The molecule has 1 aromatic heterocycles. The van der Waals surface area contributed by atoms with Crippen molar-refractivity contribution in [3.63, 3.8) is 0 Å². The maximum atomic E-state index is 12.8. The number of methoxy groups -OCH3 is 1. The smallest absolute Gasteiger partial charge is 0.388 e. The predicted octanol–water partition coefficient (Wildman–Crippen LogP) is 2.95. The van der Waals surface area contributed by atoms with Gasteiger partial charge in [0.2, 0.25) is 0 Å². The minimum Gasteiger partial charge on any atom is -0.388 e. The molecule has 0 aliphatic carbocycles. The van der Waals surface area contributed by atoms with Crippen molar-refractivity contribution in [3.05, 3.63) is 29.6 Å². The minimum atomic E-state index is -4.50. The first-order valence-corrected chi connectivity index (χ1v) is 5.42. The first-order chi connectivity index (χ1) is 8.17. The average molecular weight is 263 g/mol. The van der Waals surface area contributed by atoms with Crippen molar-refractivity contribution in [2.45, 2.75) is 38.1 Å². The zero-order chi connectivity index (χ0) is 14.0. The van der Waals surface area contributed by atoms with Gasteiger partial charge >= 0.3 is 6.18 Å². The van der Waals surface area contributed by atoms with Crippen molar-refractivity contribution in [3.8, 4) is 0 Å². The van der Waals surface area contributed by atoms with Crippen LogP contribution in [0, 0.1) is 0 Å². The van der Waals surface area contributed by atoms with Gasteiger partial charge in [0.1, 0.15) is 0 Å². The second-order valence-corrected chi connectivity index (χ2v) is 4.64. The summed E-state index contributed by atoms with van der Waals surface area (Å²) in [5.74, 6) is 0. The summed E-state index contributed by atoms with van der Waals surface area (Å²) in [4.78, 5) is 3.63. The Labute approximate surface area is 104 Å². The lowest BCUT2D eigenvalue weighted by molar-refractivity contribution is -0.139. The van der Waals surface area contributed by atoms with E-state index in [0.29, 0.717) is 0 Å². The molecule has 18 heavy (non-hydrogen) atoms. The van der Waals surface area contributed by atoms with Crippen molar-refractivity contribution in [1.82, 2.24) is 4.98 Å². The summed E-state index contributed by atoms with van der Waals surface area (Å²) in [5, 5.41) is 9.91. The maximum absolute atomic E-state index is 12.8. The lowest BCUT2D eigenvalue weighted by Crippen LogP contribution is -2.26. The molecule has 0 radical (unpaired) electrons. The van der Waals surface area contributed by atoms with Gasteiger partial charge in [-0.2, -0.15) is 13.2 Å². The Morgan fingerprint density at radius 2 is 2.00 bits per heavy atom. The van der Waals surface area contributed by atoms with E-state index in [1.165, 1.54) is 7.11 Å². The van der Waals surface area contributed by atoms with Crippen LogP contribution in [0.2, 0.25) is 0 Å². The Hall–Kier alpha value is -1.14. The average Bonchev–Trinajstić information content (AvgIpc) is 2.27. The number of hydrogen-bond donors (Lipinski definition) is 1. The standard InChI is InChI=1S/C12H16F3NO2/c1-11(2,18-3)6-10(17)8-7-16-5-4-9(8)12(13,14)15/h4-5,7,10,17H,6H2,1-3H3. The fraction of sp³-hybridized carbons (Fsp3) is 0.583. The molecule has 0 aromatic carbocycles. The summed E-state index contributed by atoms with van der Waals surface area (Å²) in [6, 6.07) is 0.859.